The Morgan fingerprint density at radius 2 is 1.88 bits per heavy atom. The number of amides is 3. The first-order valence-electron chi connectivity index (χ1n) is 8.86. The minimum atomic E-state index is -0.657. The van der Waals surface area contributed by atoms with Crippen LogP contribution < -0.4 is 15.4 Å². The highest BCUT2D eigenvalue weighted by Gasteiger charge is 2.12. The van der Waals surface area contributed by atoms with E-state index in [1.54, 1.807) is 0 Å². The molecule has 0 spiro atoms. The van der Waals surface area contributed by atoms with Crippen molar-refractivity contribution in [3.05, 3.63) is 29.8 Å². The second-order valence-electron chi connectivity index (χ2n) is 6.19. The number of imide groups is 1. The molecular weight excluding hydrogens is 336 g/mol. The number of esters is 1. The van der Waals surface area contributed by atoms with E-state index in [1.165, 1.54) is 0 Å². The van der Waals surface area contributed by atoms with Gasteiger partial charge in [-0.15, -0.1) is 0 Å². The first-order valence-corrected chi connectivity index (χ1v) is 8.86. The standard InChI is InChI=1S/C19H28N2O5/c1-4-25-16-8-6-5-7-15(16)9-10-18(23)26-13-17(22)21-19(24)20-12-11-14(2)3/h5-8,14H,4,9-13H2,1-3H3,(H2,20,21,22,24). The number of hydrogen-bond donors (Lipinski definition) is 2. The van der Waals surface area contributed by atoms with Gasteiger partial charge < -0.3 is 14.8 Å². The van der Waals surface area contributed by atoms with Crippen molar-refractivity contribution >= 4 is 17.9 Å². The summed E-state index contributed by atoms with van der Waals surface area (Å²) in [6.07, 6.45) is 1.39. The van der Waals surface area contributed by atoms with Gasteiger partial charge in [-0.2, -0.15) is 0 Å². The number of benzene rings is 1. The Balaban J connectivity index is 2.27. The van der Waals surface area contributed by atoms with Gasteiger partial charge in [0.25, 0.3) is 5.91 Å². The molecule has 1 rings (SSSR count). The van der Waals surface area contributed by atoms with Gasteiger partial charge in [0.15, 0.2) is 6.61 Å². The van der Waals surface area contributed by atoms with Crippen molar-refractivity contribution < 1.29 is 23.9 Å². The largest absolute Gasteiger partial charge is 0.494 e. The summed E-state index contributed by atoms with van der Waals surface area (Å²) >= 11 is 0. The van der Waals surface area contributed by atoms with Crippen molar-refractivity contribution in [3.63, 3.8) is 0 Å². The second-order valence-corrected chi connectivity index (χ2v) is 6.19. The number of urea groups is 1. The van der Waals surface area contributed by atoms with E-state index in [0.29, 0.717) is 25.5 Å². The molecule has 3 amide bonds. The van der Waals surface area contributed by atoms with Gasteiger partial charge in [0.1, 0.15) is 5.75 Å². The molecule has 0 aliphatic rings. The number of para-hydroxylation sites is 1. The third-order valence-electron chi connectivity index (χ3n) is 3.50. The quantitative estimate of drug-likeness (QED) is 0.622. The van der Waals surface area contributed by atoms with Gasteiger partial charge in [0.2, 0.25) is 0 Å². The average molecular weight is 364 g/mol. The molecule has 0 aromatic heterocycles. The van der Waals surface area contributed by atoms with Crippen LogP contribution in [0.15, 0.2) is 24.3 Å². The maximum absolute atomic E-state index is 11.8. The lowest BCUT2D eigenvalue weighted by atomic mass is 10.1. The molecule has 0 saturated carbocycles. The average Bonchev–Trinajstić information content (AvgIpc) is 2.59. The summed E-state index contributed by atoms with van der Waals surface area (Å²) in [7, 11) is 0. The predicted molar refractivity (Wildman–Crippen MR) is 97.9 cm³/mol. The van der Waals surface area contributed by atoms with Gasteiger partial charge in [-0.3, -0.25) is 14.9 Å². The molecule has 0 fully saturated rings. The molecule has 7 nitrogen and oxygen atoms in total. The number of aryl methyl sites for hydroxylation is 1. The van der Waals surface area contributed by atoms with E-state index in [9.17, 15) is 14.4 Å². The maximum Gasteiger partial charge on any atom is 0.321 e. The number of ether oxygens (including phenoxy) is 2. The Hall–Kier alpha value is -2.57. The smallest absolute Gasteiger partial charge is 0.321 e. The molecule has 144 valence electrons. The molecule has 7 heteroatoms. The van der Waals surface area contributed by atoms with Crippen LogP contribution in [0.2, 0.25) is 0 Å². The maximum atomic E-state index is 11.8. The third-order valence-corrected chi connectivity index (χ3v) is 3.50. The minimum Gasteiger partial charge on any atom is -0.494 e. The van der Waals surface area contributed by atoms with Crippen LogP contribution in [0.4, 0.5) is 4.79 Å². The van der Waals surface area contributed by atoms with Crippen LogP contribution in [0.25, 0.3) is 0 Å². The molecule has 0 heterocycles. The van der Waals surface area contributed by atoms with E-state index in [1.807, 2.05) is 45.0 Å². The Labute approximate surface area is 154 Å². The normalized spacial score (nSPS) is 10.3. The number of rotatable bonds is 10. The molecule has 1 aromatic carbocycles. The molecule has 0 saturated heterocycles. The van der Waals surface area contributed by atoms with Crippen LogP contribution in [-0.2, 0) is 20.7 Å². The molecule has 26 heavy (non-hydrogen) atoms. The second kappa shape index (κ2) is 11.9. The van der Waals surface area contributed by atoms with Gasteiger partial charge in [0, 0.05) is 13.0 Å². The van der Waals surface area contributed by atoms with Crippen molar-refractivity contribution in [1.29, 1.82) is 0 Å². The SMILES string of the molecule is CCOc1ccccc1CCC(=O)OCC(=O)NC(=O)NCCC(C)C. The zero-order valence-electron chi connectivity index (χ0n) is 15.7. The molecule has 0 aliphatic heterocycles. The fourth-order valence-corrected chi connectivity index (χ4v) is 2.14. The van der Waals surface area contributed by atoms with E-state index >= 15 is 0 Å². The Morgan fingerprint density at radius 1 is 1.15 bits per heavy atom. The van der Waals surface area contributed by atoms with Crippen LogP contribution >= 0.6 is 0 Å². The summed E-state index contributed by atoms with van der Waals surface area (Å²) < 4.78 is 10.4. The highest BCUT2D eigenvalue weighted by atomic mass is 16.5. The number of nitrogens with one attached hydrogen (secondary N) is 2. The number of carbonyl (C=O) groups is 3. The van der Waals surface area contributed by atoms with E-state index in [0.717, 1.165) is 17.7 Å². The molecule has 0 bridgehead atoms. The van der Waals surface area contributed by atoms with E-state index in [4.69, 9.17) is 9.47 Å². The summed E-state index contributed by atoms with van der Waals surface area (Å²) in [5, 5.41) is 4.69. The zero-order valence-corrected chi connectivity index (χ0v) is 15.7. The van der Waals surface area contributed by atoms with Gasteiger partial charge in [-0.1, -0.05) is 32.0 Å². The molecular formula is C19H28N2O5. The van der Waals surface area contributed by atoms with Crippen LogP contribution in [0, 0.1) is 5.92 Å². The Morgan fingerprint density at radius 3 is 2.58 bits per heavy atom. The topological polar surface area (TPSA) is 93.7 Å². The fourth-order valence-electron chi connectivity index (χ4n) is 2.14. The minimum absolute atomic E-state index is 0.123. The summed E-state index contributed by atoms with van der Waals surface area (Å²) in [5.74, 6) is 0.0280. The molecule has 0 atom stereocenters. The Bertz CT molecular complexity index is 601. The van der Waals surface area contributed by atoms with Gasteiger partial charge in [-0.05, 0) is 37.3 Å². The summed E-state index contributed by atoms with van der Waals surface area (Å²) in [6, 6.07) is 6.87. The highest BCUT2D eigenvalue weighted by Crippen LogP contribution is 2.19. The Kier molecular flexibility index (Phi) is 9.82. The third kappa shape index (κ3) is 9.05. The van der Waals surface area contributed by atoms with Crippen LogP contribution in [0.3, 0.4) is 0 Å². The molecule has 0 aliphatic carbocycles. The predicted octanol–water partition coefficient (Wildman–Crippen LogP) is 2.43. The monoisotopic (exact) mass is 364 g/mol. The first-order chi connectivity index (χ1) is 12.4. The molecule has 1 aromatic rings. The molecule has 0 radical (unpaired) electrons. The highest BCUT2D eigenvalue weighted by molar-refractivity contribution is 5.95. The van der Waals surface area contributed by atoms with E-state index in [2.05, 4.69) is 10.6 Å². The van der Waals surface area contributed by atoms with E-state index < -0.39 is 24.5 Å². The van der Waals surface area contributed by atoms with Crippen molar-refractivity contribution in [2.24, 2.45) is 5.92 Å². The summed E-state index contributed by atoms with van der Waals surface area (Å²) in [5.41, 5.74) is 0.903. The zero-order chi connectivity index (χ0) is 19.4. The van der Waals surface area contributed by atoms with Gasteiger partial charge >= 0.3 is 12.0 Å². The van der Waals surface area contributed by atoms with E-state index in [-0.39, 0.29) is 6.42 Å². The summed E-state index contributed by atoms with van der Waals surface area (Å²) in [6.45, 7) is 6.51. The number of carbonyl (C=O) groups excluding carboxylic acids is 3. The lowest BCUT2D eigenvalue weighted by Crippen LogP contribution is -2.42. The lowest BCUT2D eigenvalue weighted by Gasteiger charge is -2.10. The van der Waals surface area contributed by atoms with Crippen LogP contribution in [0.1, 0.15) is 39.2 Å². The van der Waals surface area contributed by atoms with Crippen molar-refractivity contribution in [2.75, 3.05) is 19.8 Å². The number of hydrogen-bond acceptors (Lipinski definition) is 5. The van der Waals surface area contributed by atoms with Crippen molar-refractivity contribution in [1.82, 2.24) is 10.6 Å². The first kappa shape index (κ1) is 21.5. The van der Waals surface area contributed by atoms with Gasteiger partial charge in [0.05, 0.1) is 6.61 Å². The fraction of sp³-hybridized carbons (Fsp3) is 0.526. The van der Waals surface area contributed by atoms with Gasteiger partial charge in [-0.25, -0.2) is 4.79 Å². The molecule has 0 unspecified atom stereocenters. The van der Waals surface area contributed by atoms with Crippen molar-refractivity contribution in [2.45, 2.75) is 40.0 Å². The van der Waals surface area contributed by atoms with Crippen LogP contribution in [0.5, 0.6) is 5.75 Å². The summed E-state index contributed by atoms with van der Waals surface area (Å²) in [4.78, 5) is 34.9. The molecule has 2 N–H and O–H groups in total. The lowest BCUT2D eigenvalue weighted by molar-refractivity contribution is -0.148. The van der Waals surface area contributed by atoms with Crippen LogP contribution in [-0.4, -0.2) is 37.7 Å². The van der Waals surface area contributed by atoms with Crippen molar-refractivity contribution in [3.8, 4) is 5.75 Å².